The van der Waals surface area contributed by atoms with Crippen molar-refractivity contribution in [3.63, 3.8) is 0 Å². The van der Waals surface area contributed by atoms with Gasteiger partial charge in [-0.3, -0.25) is 25.0 Å². The average Bonchev–Trinajstić information content (AvgIpc) is 2.81. The van der Waals surface area contributed by atoms with Crippen LogP contribution in [0.15, 0.2) is 69.1 Å². The van der Waals surface area contributed by atoms with Crippen molar-refractivity contribution in [2.24, 2.45) is 0 Å². The smallest absolute Gasteiger partial charge is 0.318 e. The second-order valence-corrected chi connectivity index (χ2v) is 8.46. The summed E-state index contributed by atoms with van der Waals surface area (Å²) in [5.74, 6) is -0.746. The molecule has 1 amide bonds. The first-order valence-corrected chi connectivity index (χ1v) is 11.0. The van der Waals surface area contributed by atoms with Crippen LogP contribution >= 0.6 is 31.9 Å². The number of halogens is 2. The largest absolute Gasteiger partial charge is 0.508 e. The van der Waals surface area contributed by atoms with Crippen molar-refractivity contribution in [2.75, 3.05) is 5.32 Å². The SMILES string of the molecule is N#C/C(=C\c1cc(Br)c(Oc2ccc([N+](=O)[O-])cc2[N+](=O)[O-])c(Br)c1)C(=O)Nc1ccc(O)cc1. The number of nitriles is 1. The fourth-order valence-corrected chi connectivity index (χ4v) is 4.16. The third kappa shape index (κ3) is 6.19. The van der Waals surface area contributed by atoms with Gasteiger partial charge in [0.2, 0.25) is 5.75 Å². The van der Waals surface area contributed by atoms with E-state index in [1.807, 2.05) is 6.07 Å². The molecular weight excluding hydrogens is 592 g/mol. The van der Waals surface area contributed by atoms with Gasteiger partial charge in [-0.2, -0.15) is 5.26 Å². The highest BCUT2D eigenvalue weighted by molar-refractivity contribution is 9.11. The fourth-order valence-electron chi connectivity index (χ4n) is 2.78. The van der Waals surface area contributed by atoms with Gasteiger partial charge in [-0.1, -0.05) is 0 Å². The predicted molar refractivity (Wildman–Crippen MR) is 132 cm³/mol. The minimum atomic E-state index is -0.798. The van der Waals surface area contributed by atoms with E-state index in [0.717, 1.165) is 18.2 Å². The number of carbonyl (C=O) groups is 1. The van der Waals surface area contributed by atoms with Gasteiger partial charge >= 0.3 is 5.69 Å². The number of non-ortho nitro benzene ring substituents is 1. The van der Waals surface area contributed by atoms with Crippen LogP contribution in [-0.4, -0.2) is 20.9 Å². The number of nitro benzene ring substituents is 2. The van der Waals surface area contributed by atoms with Crippen LogP contribution in [0.4, 0.5) is 17.1 Å². The van der Waals surface area contributed by atoms with Crippen molar-refractivity contribution < 1.29 is 24.5 Å². The van der Waals surface area contributed by atoms with Crippen LogP contribution in [0.1, 0.15) is 5.56 Å². The summed E-state index contributed by atoms with van der Waals surface area (Å²) >= 11 is 6.59. The molecule has 11 nitrogen and oxygen atoms in total. The first-order valence-electron chi connectivity index (χ1n) is 9.41. The third-order valence-corrected chi connectivity index (χ3v) is 5.56. The summed E-state index contributed by atoms with van der Waals surface area (Å²) in [6, 6.07) is 13.5. The zero-order valence-electron chi connectivity index (χ0n) is 17.3. The monoisotopic (exact) mass is 602 g/mol. The van der Waals surface area contributed by atoms with Crippen molar-refractivity contribution in [1.29, 1.82) is 5.26 Å². The van der Waals surface area contributed by atoms with Crippen molar-refractivity contribution in [3.05, 3.63) is 94.9 Å². The summed E-state index contributed by atoms with van der Waals surface area (Å²) < 4.78 is 6.29. The standard InChI is InChI=1S/C22H12Br2N4O7/c23-17-8-12(7-13(11-25)22(30)26-14-1-4-16(29)5-2-14)9-18(24)21(17)35-20-6-3-15(27(31)32)10-19(20)28(33)34/h1-10,29H,(H,26,30)/b13-7+. The number of nitrogens with zero attached hydrogens (tertiary/aromatic N) is 3. The zero-order chi connectivity index (χ0) is 25.7. The quantitative estimate of drug-likeness (QED) is 0.108. The van der Waals surface area contributed by atoms with Gasteiger partial charge in [0.15, 0.2) is 5.75 Å². The topological polar surface area (TPSA) is 169 Å². The Morgan fingerprint density at radius 3 is 2.20 bits per heavy atom. The van der Waals surface area contributed by atoms with E-state index < -0.39 is 27.1 Å². The van der Waals surface area contributed by atoms with Crippen LogP contribution < -0.4 is 10.1 Å². The minimum Gasteiger partial charge on any atom is -0.508 e. The highest BCUT2D eigenvalue weighted by Crippen LogP contribution is 2.41. The first-order chi connectivity index (χ1) is 16.6. The highest BCUT2D eigenvalue weighted by atomic mass is 79.9. The Morgan fingerprint density at radius 2 is 1.66 bits per heavy atom. The van der Waals surface area contributed by atoms with Crippen LogP contribution in [0.5, 0.6) is 17.2 Å². The molecule has 0 bridgehead atoms. The molecule has 3 aromatic carbocycles. The molecule has 0 radical (unpaired) electrons. The second-order valence-electron chi connectivity index (χ2n) is 6.75. The Labute approximate surface area is 213 Å². The molecule has 0 aromatic heterocycles. The maximum absolute atomic E-state index is 12.5. The molecule has 0 saturated carbocycles. The van der Waals surface area contributed by atoms with E-state index in [1.54, 1.807) is 0 Å². The van der Waals surface area contributed by atoms with Crippen molar-refractivity contribution in [2.45, 2.75) is 0 Å². The number of hydrogen-bond acceptors (Lipinski definition) is 8. The Kier molecular flexibility index (Phi) is 7.80. The lowest BCUT2D eigenvalue weighted by atomic mass is 10.1. The van der Waals surface area contributed by atoms with Crippen molar-refractivity contribution >= 4 is 60.9 Å². The zero-order valence-corrected chi connectivity index (χ0v) is 20.4. The number of amides is 1. The van der Waals surface area contributed by atoms with E-state index in [9.17, 15) is 35.4 Å². The van der Waals surface area contributed by atoms with E-state index in [4.69, 9.17) is 4.74 Å². The number of nitrogens with one attached hydrogen (secondary N) is 1. The van der Waals surface area contributed by atoms with Gasteiger partial charge in [0.05, 0.1) is 24.9 Å². The molecule has 0 aliphatic carbocycles. The van der Waals surface area contributed by atoms with Gasteiger partial charge < -0.3 is 15.2 Å². The van der Waals surface area contributed by atoms with E-state index in [1.165, 1.54) is 42.5 Å². The molecule has 176 valence electrons. The lowest BCUT2D eigenvalue weighted by molar-refractivity contribution is -0.394. The normalized spacial score (nSPS) is 10.8. The number of hydrogen-bond donors (Lipinski definition) is 2. The maximum Gasteiger partial charge on any atom is 0.318 e. The number of phenolic OH excluding ortho intramolecular Hbond substituents is 1. The Bertz CT molecular complexity index is 1390. The highest BCUT2D eigenvalue weighted by Gasteiger charge is 2.23. The van der Waals surface area contributed by atoms with Gasteiger partial charge in [0.25, 0.3) is 11.6 Å². The van der Waals surface area contributed by atoms with E-state index in [2.05, 4.69) is 37.2 Å². The van der Waals surface area contributed by atoms with Gasteiger partial charge in [-0.25, -0.2) is 0 Å². The number of nitro groups is 2. The molecule has 0 aliphatic rings. The summed E-state index contributed by atoms with van der Waals surface area (Å²) in [4.78, 5) is 33.2. The molecule has 0 aliphatic heterocycles. The molecule has 0 fully saturated rings. The minimum absolute atomic E-state index is 0.0233. The molecule has 0 spiro atoms. The van der Waals surface area contributed by atoms with Crippen molar-refractivity contribution in [1.82, 2.24) is 0 Å². The molecule has 35 heavy (non-hydrogen) atoms. The van der Waals surface area contributed by atoms with Gasteiger partial charge in [0, 0.05) is 11.8 Å². The van der Waals surface area contributed by atoms with Crippen molar-refractivity contribution in [3.8, 4) is 23.3 Å². The number of anilines is 1. The number of carbonyl (C=O) groups excluding carboxylic acids is 1. The van der Waals surface area contributed by atoms with Crippen LogP contribution in [-0.2, 0) is 4.79 Å². The summed E-state index contributed by atoms with van der Waals surface area (Å²) in [5.41, 5.74) is -0.468. The first kappa shape index (κ1) is 25.3. The van der Waals surface area contributed by atoms with E-state index >= 15 is 0 Å². The van der Waals surface area contributed by atoms with Crippen LogP contribution in [0.3, 0.4) is 0 Å². The Morgan fingerprint density at radius 1 is 1.03 bits per heavy atom. The summed E-state index contributed by atoms with van der Waals surface area (Å²) in [5, 5.41) is 43.6. The van der Waals surface area contributed by atoms with Gasteiger partial charge in [-0.05, 0) is 86.0 Å². The van der Waals surface area contributed by atoms with Gasteiger partial charge in [0.1, 0.15) is 17.4 Å². The number of phenols is 1. The number of rotatable bonds is 7. The maximum atomic E-state index is 12.5. The second kappa shape index (κ2) is 10.8. The van der Waals surface area contributed by atoms with Crippen LogP contribution in [0.25, 0.3) is 6.08 Å². The number of aromatic hydroxyl groups is 1. The molecule has 3 aromatic rings. The van der Waals surface area contributed by atoms with Crippen LogP contribution in [0, 0.1) is 31.6 Å². The number of benzene rings is 3. The Hall–Kier alpha value is -4.28. The third-order valence-electron chi connectivity index (χ3n) is 4.38. The molecule has 2 N–H and O–H groups in total. The van der Waals surface area contributed by atoms with E-state index in [0.29, 0.717) is 20.2 Å². The Balaban J connectivity index is 1.89. The molecule has 0 unspecified atom stereocenters. The van der Waals surface area contributed by atoms with Crippen LogP contribution in [0.2, 0.25) is 0 Å². The van der Waals surface area contributed by atoms with Gasteiger partial charge in [-0.15, -0.1) is 0 Å². The molecule has 0 atom stereocenters. The average molecular weight is 604 g/mol. The lowest BCUT2D eigenvalue weighted by Crippen LogP contribution is -2.13. The fraction of sp³-hybridized carbons (Fsp3) is 0. The molecule has 0 saturated heterocycles. The lowest BCUT2D eigenvalue weighted by Gasteiger charge is -2.11. The predicted octanol–water partition coefficient (Wildman–Crippen LogP) is 6.07. The summed E-state index contributed by atoms with van der Waals surface area (Å²) in [6.07, 6.45) is 1.32. The number of ether oxygens (including phenoxy) is 1. The molecule has 13 heteroatoms. The van der Waals surface area contributed by atoms with E-state index in [-0.39, 0.29) is 22.8 Å². The summed E-state index contributed by atoms with van der Waals surface area (Å²) in [7, 11) is 0. The molecule has 3 rings (SSSR count). The summed E-state index contributed by atoms with van der Waals surface area (Å²) in [6.45, 7) is 0. The molecule has 0 heterocycles. The molecular formula is C22H12Br2N4O7.